The maximum Gasteiger partial charge on any atom is 1.00 e. The van der Waals surface area contributed by atoms with E-state index in [1.807, 2.05) is 0 Å². The normalized spacial score (nSPS) is 10.1. The van der Waals surface area contributed by atoms with E-state index >= 15 is 0 Å². The summed E-state index contributed by atoms with van der Waals surface area (Å²) in [6.45, 7) is -2.25. The minimum atomic E-state index is -5.14. The zero-order valence-corrected chi connectivity index (χ0v) is 21.8. The summed E-state index contributed by atoms with van der Waals surface area (Å²) < 4.78 is 8.66. The molecule has 0 saturated heterocycles. The van der Waals surface area contributed by atoms with Crippen LogP contribution in [-0.4, -0.2) is 98.3 Å². The molecule has 0 aromatic rings. The zero-order chi connectivity index (χ0) is 20.2. The van der Waals surface area contributed by atoms with Crippen LogP contribution in [0.3, 0.4) is 0 Å². The molecule has 0 radical (unpaired) electrons. The number of rotatable bonds is 11. The summed E-state index contributed by atoms with van der Waals surface area (Å²) in [6.07, 6.45) is 0. The van der Waals surface area contributed by atoms with Crippen LogP contribution in [0.25, 0.3) is 0 Å². The predicted molar refractivity (Wildman–Crippen MR) is 73.2 cm³/mol. The quantitative estimate of drug-likeness (QED) is 0.140. The fourth-order valence-corrected chi connectivity index (χ4v) is 1.48. The van der Waals surface area contributed by atoms with Gasteiger partial charge in [0.15, 0.2) is 0 Å². The first-order valence-electron chi connectivity index (χ1n) is 6.27. The summed E-state index contributed by atoms with van der Waals surface area (Å²) >= 11 is 0. The number of carbonyl (C=O) groups is 4. The van der Waals surface area contributed by atoms with Crippen LogP contribution in [0.15, 0.2) is 0 Å². The maximum atomic E-state index is 10.6. The van der Waals surface area contributed by atoms with Crippen LogP contribution in [0.4, 0.5) is 0 Å². The van der Waals surface area contributed by atoms with E-state index in [2.05, 4.69) is 0 Å². The first kappa shape index (κ1) is 35.6. The molecule has 0 amide bonds. The Labute approximate surface area is 238 Å². The molecule has 0 aliphatic rings. The van der Waals surface area contributed by atoms with Crippen molar-refractivity contribution in [1.82, 2.24) is 9.80 Å². The second-order valence-electron chi connectivity index (χ2n) is 4.46. The van der Waals surface area contributed by atoms with Gasteiger partial charge in [-0.2, -0.15) is 0 Å². The predicted octanol–water partition coefficient (Wildman–Crippen LogP) is -10.3. The molecule has 0 spiro atoms. The average Bonchev–Trinajstić information content (AvgIpc) is 2.30. The number of carboxylic acid groups (broad SMARTS) is 4. The van der Waals surface area contributed by atoms with Crippen molar-refractivity contribution in [2.45, 2.75) is 0 Å². The third kappa shape index (κ3) is 35.0. The average molecular weight is 466 g/mol. The molecule has 0 aromatic heterocycles. The van der Waals surface area contributed by atoms with Crippen molar-refractivity contribution in [3.63, 3.8) is 0 Å². The Morgan fingerprint density at radius 2 is 0.815 bits per heavy atom. The van der Waals surface area contributed by atoms with Crippen molar-refractivity contribution in [2.75, 3.05) is 39.3 Å². The maximum absolute atomic E-state index is 10.6. The molecule has 0 unspecified atom stereocenters. The van der Waals surface area contributed by atoms with E-state index in [4.69, 9.17) is 39.7 Å². The Hall–Kier alpha value is 1.18. The first-order chi connectivity index (χ1) is 11.2. The van der Waals surface area contributed by atoms with Crippen molar-refractivity contribution >= 4 is 31.7 Å². The molecule has 17 heteroatoms. The van der Waals surface area contributed by atoms with Gasteiger partial charge in [0, 0.05) is 13.1 Å². The number of hydrogen-bond donors (Lipinski definition) is 5. The molecule has 0 heterocycles. The third-order valence-electron chi connectivity index (χ3n) is 2.17. The largest absolute Gasteiger partial charge is 1.00 e. The van der Waals surface area contributed by atoms with Crippen LogP contribution in [0, 0.1) is 0 Å². The van der Waals surface area contributed by atoms with E-state index in [9.17, 15) is 19.2 Å². The van der Waals surface area contributed by atoms with Crippen molar-refractivity contribution in [2.24, 2.45) is 0 Å². The van der Waals surface area contributed by atoms with Gasteiger partial charge >= 0.3 is 127 Å². The molecular formula is C10H17K2N2O12P. The fourth-order valence-electron chi connectivity index (χ4n) is 1.48. The van der Waals surface area contributed by atoms with Crippen molar-refractivity contribution in [1.29, 1.82) is 0 Å². The van der Waals surface area contributed by atoms with E-state index < -0.39 is 57.9 Å². The molecule has 0 rings (SSSR count). The van der Waals surface area contributed by atoms with Crippen LogP contribution in [0.5, 0.6) is 0 Å². The molecule has 0 aliphatic heterocycles. The van der Waals surface area contributed by atoms with Crippen molar-refractivity contribution < 1.29 is 162 Å². The van der Waals surface area contributed by atoms with Crippen LogP contribution >= 0.6 is 7.82 Å². The molecule has 0 aromatic carbocycles. The molecule has 0 atom stereocenters. The van der Waals surface area contributed by atoms with Gasteiger partial charge in [-0.15, -0.1) is 0 Å². The topological polar surface area (TPSA) is 239 Å². The van der Waals surface area contributed by atoms with Gasteiger partial charge in [0.05, 0.1) is 34.0 Å². The van der Waals surface area contributed by atoms with Crippen LogP contribution < -0.4 is 113 Å². The van der Waals surface area contributed by atoms with Crippen molar-refractivity contribution in [3.8, 4) is 0 Å². The van der Waals surface area contributed by atoms with E-state index in [1.165, 1.54) is 0 Å². The number of hydrogen-bond acceptors (Lipinski definition) is 9. The van der Waals surface area contributed by atoms with Crippen LogP contribution in [0.1, 0.15) is 0 Å². The minimum Gasteiger partial charge on any atom is -0.790 e. The van der Waals surface area contributed by atoms with Gasteiger partial charge in [-0.3, -0.25) is 29.0 Å². The van der Waals surface area contributed by atoms with Crippen LogP contribution in [0.2, 0.25) is 0 Å². The second-order valence-corrected chi connectivity index (χ2v) is 5.40. The number of aliphatic carboxylic acids is 4. The third-order valence-corrected chi connectivity index (χ3v) is 2.17. The Balaban J connectivity index is -0.000000333. The van der Waals surface area contributed by atoms with E-state index in [-0.39, 0.29) is 116 Å². The zero-order valence-electron chi connectivity index (χ0n) is 14.7. The van der Waals surface area contributed by atoms with Gasteiger partial charge in [0.2, 0.25) is 0 Å². The van der Waals surface area contributed by atoms with E-state index in [0.717, 1.165) is 9.80 Å². The Kier molecular flexibility index (Phi) is 25.3. The summed E-state index contributed by atoms with van der Waals surface area (Å²) in [5, 5.41) is 34.5. The molecule has 14 nitrogen and oxygen atoms in total. The molecule has 0 saturated carbocycles. The Morgan fingerprint density at radius 3 is 0.926 bits per heavy atom. The second kappa shape index (κ2) is 19.2. The number of carboxylic acids is 4. The summed E-state index contributed by atoms with van der Waals surface area (Å²) in [4.78, 5) is 68.6. The van der Waals surface area contributed by atoms with Gasteiger partial charge in [-0.25, -0.2) is 0 Å². The molecule has 27 heavy (non-hydrogen) atoms. The van der Waals surface area contributed by atoms with E-state index in [0.29, 0.717) is 0 Å². The van der Waals surface area contributed by atoms with Crippen LogP contribution in [-0.2, 0) is 23.7 Å². The smallest absolute Gasteiger partial charge is 0.790 e. The summed E-state index contributed by atoms with van der Waals surface area (Å²) in [5.41, 5.74) is 0. The molecule has 0 bridgehead atoms. The van der Waals surface area contributed by atoms with Gasteiger partial charge in [0.1, 0.15) is 0 Å². The first-order valence-corrected chi connectivity index (χ1v) is 7.77. The van der Waals surface area contributed by atoms with Gasteiger partial charge in [0.25, 0.3) is 0 Å². The number of nitrogens with zero attached hydrogens (tertiary/aromatic N) is 2. The molecule has 146 valence electrons. The summed E-state index contributed by atoms with van der Waals surface area (Å²) in [6, 6.07) is 0. The molecular weight excluding hydrogens is 449 g/mol. The van der Waals surface area contributed by atoms with E-state index in [1.54, 1.807) is 0 Å². The Bertz CT molecular complexity index is 452. The molecule has 5 N–H and O–H groups in total. The molecule has 0 fully saturated rings. The van der Waals surface area contributed by atoms with Gasteiger partial charge in [-0.05, 0) is 0 Å². The van der Waals surface area contributed by atoms with Gasteiger partial charge < -0.3 is 39.7 Å². The minimum absolute atomic E-state index is 0. The number of phosphoric acid groups is 1. The SMILES string of the molecule is O=C(O)CN(CCN(CC(=O)O)CC(=O)O)CC(=O)O.O=P([O-])([O-])O.[K+].[K+]. The van der Waals surface area contributed by atoms with Crippen molar-refractivity contribution in [3.05, 3.63) is 0 Å². The Morgan fingerprint density at radius 1 is 0.667 bits per heavy atom. The monoisotopic (exact) mass is 466 g/mol. The summed E-state index contributed by atoms with van der Waals surface area (Å²) in [7, 11) is -5.14. The fraction of sp³-hybridized carbons (Fsp3) is 0.600. The van der Waals surface area contributed by atoms with Gasteiger partial charge in [-0.1, -0.05) is 0 Å². The molecule has 0 aliphatic carbocycles. The summed E-state index contributed by atoms with van der Waals surface area (Å²) in [5.74, 6) is -4.91. The standard InChI is InChI=1S/C10H16N2O8.2K.H3O4P/c13-7(14)3-11(4-8(15)16)1-2-12(5-9(17)18)6-10(19)20;;;1-5(2,3)4/h1-6H2,(H,13,14)(H,15,16)(H,17,18)(H,19,20);;;(H3,1,2,3,4)/q;2*+1;/p-2.